The lowest BCUT2D eigenvalue weighted by molar-refractivity contribution is -0.131. The van der Waals surface area contributed by atoms with Gasteiger partial charge in [0.1, 0.15) is 5.69 Å². The fraction of sp³-hybridized carbons (Fsp3) is 0.250. The maximum Gasteiger partial charge on any atom is 0.328 e. The van der Waals surface area contributed by atoms with Crippen molar-refractivity contribution < 1.29 is 14.7 Å². The molecule has 5 heteroatoms. The van der Waals surface area contributed by atoms with Gasteiger partial charge in [-0.2, -0.15) is 0 Å². The summed E-state index contributed by atoms with van der Waals surface area (Å²) in [5.41, 5.74) is 0.944. The van der Waals surface area contributed by atoms with Crippen molar-refractivity contribution in [3.05, 3.63) is 35.7 Å². The minimum Gasteiger partial charge on any atom is -0.478 e. The molecule has 1 amide bonds. The monoisotopic (exact) mass is 234 g/mol. The van der Waals surface area contributed by atoms with Crippen molar-refractivity contribution in [1.82, 2.24) is 10.3 Å². The molecule has 2 N–H and O–H groups in total. The van der Waals surface area contributed by atoms with Crippen molar-refractivity contribution in [2.45, 2.75) is 19.9 Å². The van der Waals surface area contributed by atoms with Gasteiger partial charge in [-0.15, -0.1) is 0 Å². The van der Waals surface area contributed by atoms with E-state index in [4.69, 9.17) is 5.11 Å². The molecule has 0 saturated heterocycles. The van der Waals surface area contributed by atoms with Crippen LogP contribution in [0.4, 0.5) is 0 Å². The third-order valence-electron chi connectivity index (χ3n) is 1.86. The van der Waals surface area contributed by atoms with E-state index in [0.717, 1.165) is 6.08 Å². The number of carbonyl (C=O) groups is 2. The van der Waals surface area contributed by atoms with Crippen LogP contribution in [0.1, 0.15) is 29.9 Å². The lowest BCUT2D eigenvalue weighted by Crippen LogP contribution is -2.30. The summed E-state index contributed by atoms with van der Waals surface area (Å²) in [4.78, 5) is 25.8. The Balaban J connectivity index is 2.74. The Bertz CT molecular complexity index is 436. The Labute approximate surface area is 99.2 Å². The quantitative estimate of drug-likeness (QED) is 0.770. The smallest absolute Gasteiger partial charge is 0.328 e. The molecule has 0 aliphatic carbocycles. The number of aromatic nitrogens is 1. The second-order valence-corrected chi connectivity index (χ2v) is 3.78. The van der Waals surface area contributed by atoms with E-state index in [-0.39, 0.29) is 11.9 Å². The first-order valence-corrected chi connectivity index (χ1v) is 5.17. The van der Waals surface area contributed by atoms with Crippen molar-refractivity contribution >= 4 is 18.0 Å². The van der Waals surface area contributed by atoms with E-state index in [0.29, 0.717) is 11.3 Å². The maximum atomic E-state index is 11.5. The van der Waals surface area contributed by atoms with Crippen LogP contribution >= 0.6 is 0 Å². The van der Waals surface area contributed by atoms with Crippen LogP contribution in [-0.4, -0.2) is 28.0 Å². The Morgan fingerprint density at radius 2 is 2.12 bits per heavy atom. The molecule has 17 heavy (non-hydrogen) atoms. The highest BCUT2D eigenvalue weighted by atomic mass is 16.4. The van der Waals surface area contributed by atoms with Crippen molar-refractivity contribution in [3.8, 4) is 0 Å². The van der Waals surface area contributed by atoms with Gasteiger partial charge in [0.25, 0.3) is 5.91 Å². The van der Waals surface area contributed by atoms with Gasteiger partial charge < -0.3 is 10.4 Å². The molecule has 0 bridgehead atoms. The van der Waals surface area contributed by atoms with E-state index in [1.165, 1.54) is 12.3 Å². The standard InChI is InChI=1S/C12H14N2O3/c1-8(2)14-12(17)10-5-3-9(7-13-10)4-6-11(15)16/h3-8H,1-2H3,(H,14,17)(H,15,16). The van der Waals surface area contributed by atoms with Crippen molar-refractivity contribution in [1.29, 1.82) is 0 Å². The Kier molecular flexibility index (Phi) is 4.39. The number of hydrogen-bond donors (Lipinski definition) is 2. The fourth-order valence-corrected chi connectivity index (χ4v) is 1.14. The number of carbonyl (C=O) groups excluding carboxylic acids is 1. The van der Waals surface area contributed by atoms with Crippen molar-refractivity contribution in [2.24, 2.45) is 0 Å². The molecule has 1 aromatic heterocycles. The molecule has 0 atom stereocenters. The molecule has 1 rings (SSSR count). The zero-order valence-electron chi connectivity index (χ0n) is 9.68. The lowest BCUT2D eigenvalue weighted by atomic mass is 10.2. The van der Waals surface area contributed by atoms with Crippen molar-refractivity contribution in [3.63, 3.8) is 0 Å². The van der Waals surface area contributed by atoms with Crippen LogP contribution in [0.15, 0.2) is 24.4 Å². The summed E-state index contributed by atoms with van der Waals surface area (Å²) in [6.45, 7) is 3.73. The molecular weight excluding hydrogens is 220 g/mol. The minimum absolute atomic E-state index is 0.0517. The molecule has 0 radical (unpaired) electrons. The van der Waals surface area contributed by atoms with Crippen LogP contribution in [-0.2, 0) is 4.79 Å². The Hall–Kier alpha value is -2.17. The van der Waals surface area contributed by atoms with Gasteiger partial charge in [-0.1, -0.05) is 6.07 Å². The highest BCUT2D eigenvalue weighted by Crippen LogP contribution is 2.03. The van der Waals surface area contributed by atoms with Crippen LogP contribution in [0.3, 0.4) is 0 Å². The van der Waals surface area contributed by atoms with E-state index < -0.39 is 5.97 Å². The summed E-state index contributed by atoms with van der Waals surface area (Å²) in [5, 5.41) is 11.2. The van der Waals surface area contributed by atoms with E-state index in [9.17, 15) is 9.59 Å². The van der Waals surface area contributed by atoms with Gasteiger partial charge in [0.2, 0.25) is 0 Å². The van der Waals surface area contributed by atoms with E-state index in [1.807, 2.05) is 13.8 Å². The van der Waals surface area contributed by atoms with Crippen molar-refractivity contribution in [2.75, 3.05) is 0 Å². The second-order valence-electron chi connectivity index (χ2n) is 3.78. The maximum absolute atomic E-state index is 11.5. The van der Waals surface area contributed by atoms with Gasteiger partial charge in [-0.3, -0.25) is 9.78 Å². The fourth-order valence-electron chi connectivity index (χ4n) is 1.14. The molecule has 5 nitrogen and oxygen atoms in total. The van der Waals surface area contributed by atoms with Crippen LogP contribution in [0.25, 0.3) is 6.08 Å². The normalized spacial score (nSPS) is 10.8. The SMILES string of the molecule is CC(C)NC(=O)c1ccc(C=CC(=O)O)cn1. The number of hydrogen-bond acceptors (Lipinski definition) is 3. The number of pyridine rings is 1. The highest BCUT2D eigenvalue weighted by Gasteiger charge is 2.07. The summed E-state index contributed by atoms with van der Waals surface area (Å²) >= 11 is 0. The minimum atomic E-state index is -1.02. The van der Waals surface area contributed by atoms with E-state index >= 15 is 0 Å². The number of carboxylic acids is 1. The number of carboxylic acid groups (broad SMARTS) is 1. The molecule has 0 aliphatic heterocycles. The predicted molar refractivity (Wildman–Crippen MR) is 63.5 cm³/mol. The topological polar surface area (TPSA) is 79.3 Å². The predicted octanol–water partition coefficient (Wildman–Crippen LogP) is 1.32. The molecule has 0 aliphatic rings. The molecule has 0 saturated carbocycles. The molecule has 0 unspecified atom stereocenters. The second kappa shape index (κ2) is 5.79. The van der Waals surface area contributed by atoms with Gasteiger partial charge in [0, 0.05) is 18.3 Å². The molecular formula is C12H14N2O3. The first kappa shape index (κ1) is 12.9. The first-order chi connectivity index (χ1) is 7.99. The number of amides is 1. The summed E-state index contributed by atoms with van der Waals surface area (Å²) in [5.74, 6) is -1.26. The number of nitrogens with zero attached hydrogens (tertiary/aromatic N) is 1. The summed E-state index contributed by atoms with van der Waals surface area (Å²) < 4.78 is 0. The summed E-state index contributed by atoms with van der Waals surface area (Å²) in [6.07, 6.45) is 3.89. The van der Waals surface area contributed by atoms with Gasteiger partial charge in [0.05, 0.1) is 0 Å². The zero-order valence-corrected chi connectivity index (χ0v) is 9.68. The van der Waals surface area contributed by atoms with E-state index in [2.05, 4.69) is 10.3 Å². The van der Waals surface area contributed by atoms with Crippen LogP contribution in [0, 0.1) is 0 Å². The molecule has 0 fully saturated rings. The van der Waals surface area contributed by atoms with Gasteiger partial charge in [-0.05, 0) is 31.6 Å². The average molecular weight is 234 g/mol. The van der Waals surface area contributed by atoms with E-state index in [1.54, 1.807) is 12.1 Å². The Morgan fingerprint density at radius 3 is 2.59 bits per heavy atom. The Morgan fingerprint density at radius 1 is 1.41 bits per heavy atom. The average Bonchev–Trinajstić information content (AvgIpc) is 2.26. The summed E-state index contributed by atoms with van der Waals surface area (Å²) in [6, 6.07) is 3.25. The number of aliphatic carboxylic acids is 1. The first-order valence-electron chi connectivity index (χ1n) is 5.17. The highest BCUT2D eigenvalue weighted by molar-refractivity contribution is 5.92. The summed E-state index contributed by atoms with van der Waals surface area (Å²) in [7, 11) is 0. The molecule has 0 aromatic carbocycles. The number of nitrogens with one attached hydrogen (secondary N) is 1. The van der Waals surface area contributed by atoms with Gasteiger partial charge in [0.15, 0.2) is 0 Å². The molecule has 1 heterocycles. The molecule has 1 aromatic rings. The van der Waals surface area contributed by atoms with Crippen LogP contribution in [0.5, 0.6) is 0 Å². The third-order valence-corrected chi connectivity index (χ3v) is 1.86. The largest absolute Gasteiger partial charge is 0.478 e. The zero-order chi connectivity index (χ0) is 12.8. The van der Waals surface area contributed by atoms with Gasteiger partial charge >= 0.3 is 5.97 Å². The molecule has 0 spiro atoms. The third kappa shape index (κ3) is 4.46. The number of rotatable bonds is 4. The van der Waals surface area contributed by atoms with Crippen LogP contribution in [0.2, 0.25) is 0 Å². The van der Waals surface area contributed by atoms with Gasteiger partial charge in [-0.25, -0.2) is 4.79 Å². The van der Waals surface area contributed by atoms with Crippen LogP contribution < -0.4 is 5.32 Å². The molecule has 90 valence electrons. The lowest BCUT2D eigenvalue weighted by Gasteiger charge is -2.07.